The average Bonchev–Trinajstić information content (AvgIpc) is 2.87. The molecule has 104 valence electrons. The predicted molar refractivity (Wildman–Crippen MR) is 76.7 cm³/mol. The van der Waals surface area contributed by atoms with E-state index in [4.69, 9.17) is 5.73 Å². The van der Waals surface area contributed by atoms with Crippen LogP contribution in [0.3, 0.4) is 0 Å². The van der Waals surface area contributed by atoms with E-state index in [1.165, 1.54) is 0 Å². The molecule has 20 heavy (non-hydrogen) atoms. The zero-order valence-corrected chi connectivity index (χ0v) is 11.5. The topological polar surface area (TPSA) is 64.2 Å². The number of amides is 1. The Hall–Kier alpha value is -2.14. The lowest BCUT2D eigenvalue weighted by Crippen LogP contribution is -2.31. The molecule has 2 N–H and O–H groups in total. The molecular formula is C15H18N4O. The van der Waals surface area contributed by atoms with E-state index >= 15 is 0 Å². The van der Waals surface area contributed by atoms with Crippen molar-refractivity contribution in [1.82, 2.24) is 14.7 Å². The van der Waals surface area contributed by atoms with E-state index < -0.39 is 5.91 Å². The van der Waals surface area contributed by atoms with Crippen LogP contribution < -0.4 is 5.73 Å². The molecule has 0 atom stereocenters. The van der Waals surface area contributed by atoms with Crippen LogP contribution in [0, 0.1) is 0 Å². The summed E-state index contributed by atoms with van der Waals surface area (Å²) in [5, 5.41) is 4.45. The van der Waals surface area contributed by atoms with Gasteiger partial charge in [-0.1, -0.05) is 25.1 Å². The summed E-state index contributed by atoms with van der Waals surface area (Å²) >= 11 is 0. The maximum Gasteiger partial charge on any atom is 0.269 e. The van der Waals surface area contributed by atoms with E-state index in [9.17, 15) is 4.79 Å². The molecule has 2 aromatic rings. The molecule has 1 aromatic heterocycles. The predicted octanol–water partition coefficient (Wildman–Crippen LogP) is 1.35. The van der Waals surface area contributed by atoms with Crippen molar-refractivity contribution in [2.24, 2.45) is 5.73 Å². The second-order valence-corrected chi connectivity index (χ2v) is 5.00. The molecule has 1 aromatic carbocycles. The van der Waals surface area contributed by atoms with Crippen LogP contribution in [-0.2, 0) is 13.0 Å². The zero-order chi connectivity index (χ0) is 14.1. The molecule has 0 fully saturated rings. The minimum absolute atomic E-state index is 0.405. The first-order valence-corrected chi connectivity index (χ1v) is 6.89. The lowest BCUT2D eigenvalue weighted by molar-refractivity contribution is 0.0993. The Morgan fingerprint density at radius 3 is 2.75 bits per heavy atom. The normalized spacial score (nSPS) is 15.1. The molecule has 1 aliphatic heterocycles. The number of primary amides is 1. The summed E-state index contributed by atoms with van der Waals surface area (Å²) in [6, 6.07) is 9.88. The number of likely N-dealkylation sites (N-methyl/N-ethyl adjacent to an activating group) is 1. The number of rotatable bonds is 3. The molecule has 1 aliphatic rings. The van der Waals surface area contributed by atoms with Gasteiger partial charge >= 0.3 is 0 Å². The van der Waals surface area contributed by atoms with E-state index in [-0.39, 0.29) is 0 Å². The molecule has 3 rings (SSSR count). The summed E-state index contributed by atoms with van der Waals surface area (Å²) in [5.74, 6) is -0.450. The largest absolute Gasteiger partial charge is 0.364 e. The Labute approximate surface area is 118 Å². The number of carbonyl (C=O) groups is 1. The van der Waals surface area contributed by atoms with Crippen molar-refractivity contribution in [2.45, 2.75) is 19.9 Å². The molecular weight excluding hydrogens is 252 g/mol. The monoisotopic (exact) mass is 270 g/mol. The van der Waals surface area contributed by atoms with Gasteiger partial charge in [-0.05, 0) is 18.7 Å². The fourth-order valence-electron chi connectivity index (χ4n) is 2.73. The molecule has 0 saturated carbocycles. The van der Waals surface area contributed by atoms with Gasteiger partial charge in [0.2, 0.25) is 0 Å². The van der Waals surface area contributed by atoms with Gasteiger partial charge in [0, 0.05) is 25.1 Å². The summed E-state index contributed by atoms with van der Waals surface area (Å²) in [7, 11) is 0. The van der Waals surface area contributed by atoms with Crippen molar-refractivity contribution in [3.8, 4) is 5.69 Å². The van der Waals surface area contributed by atoms with Gasteiger partial charge in [-0.15, -0.1) is 0 Å². The molecule has 0 saturated heterocycles. The second kappa shape index (κ2) is 5.09. The number of nitrogens with two attached hydrogens (primary N) is 1. The lowest BCUT2D eigenvalue weighted by Gasteiger charge is -2.26. The third kappa shape index (κ3) is 2.10. The van der Waals surface area contributed by atoms with Crippen molar-refractivity contribution < 1.29 is 4.79 Å². The van der Waals surface area contributed by atoms with Crippen LogP contribution in [-0.4, -0.2) is 33.7 Å². The highest BCUT2D eigenvalue weighted by Crippen LogP contribution is 2.25. The Morgan fingerprint density at radius 1 is 1.35 bits per heavy atom. The molecule has 0 bridgehead atoms. The first-order valence-electron chi connectivity index (χ1n) is 6.89. The molecule has 2 heterocycles. The summed E-state index contributed by atoms with van der Waals surface area (Å²) in [5.41, 5.74) is 8.95. The van der Waals surface area contributed by atoms with Crippen LogP contribution in [0.2, 0.25) is 0 Å². The molecule has 0 radical (unpaired) electrons. The van der Waals surface area contributed by atoms with Crippen LogP contribution in [0.1, 0.15) is 28.7 Å². The summed E-state index contributed by atoms with van der Waals surface area (Å²) < 4.78 is 1.86. The SMILES string of the molecule is CCN1CCc2c(c(C(N)=O)nn2-c2ccccc2)C1. The average molecular weight is 270 g/mol. The third-order valence-corrected chi connectivity index (χ3v) is 3.82. The number of aromatic nitrogens is 2. The Morgan fingerprint density at radius 2 is 2.10 bits per heavy atom. The van der Waals surface area contributed by atoms with Crippen molar-refractivity contribution in [3.05, 3.63) is 47.3 Å². The fourth-order valence-corrected chi connectivity index (χ4v) is 2.73. The van der Waals surface area contributed by atoms with Gasteiger partial charge in [0.25, 0.3) is 5.91 Å². The minimum Gasteiger partial charge on any atom is -0.364 e. The van der Waals surface area contributed by atoms with Crippen LogP contribution in [0.4, 0.5) is 0 Å². The second-order valence-electron chi connectivity index (χ2n) is 5.00. The van der Waals surface area contributed by atoms with E-state index in [0.29, 0.717) is 5.69 Å². The van der Waals surface area contributed by atoms with Gasteiger partial charge in [-0.3, -0.25) is 9.69 Å². The molecule has 0 unspecified atom stereocenters. The summed E-state index contributed by atoms with van der Waals surface area (Å²) in [6.45, 7) is 4.82. The van der Waals surface area contributed by atoms with E-state index in [0.717, 1.165) is 43.0 Å². The molecule has 5 heteroatoms. The number of benzene rings is 1. The summed E-state index contributed by atoms with van der Waals surface area (Å²) in [4.78, 5) is 13.9. The van der Waals surface area contributed by atoms with Gasteiger partial charge in [0.05, 0.1) is 11.4 Å². The number of carbonyl (C=O) groups excluding carboxylic acids is 1. The Bertz CT molecular complexity index is 633. The van der Waals surface area contributed by atoms with Crippen LogP contribution in [0.5, 0.6) is 0 Å². The highest BCUT2D eigenvalue weighted by molar-refractivity contribution is 5.92. The van der Waals surface area contributed by atoms with Crippen molar-refractivity contribution >= 4 is 5.91 Å². The van der Waals surface area contributed by atoms with Crippen molar-refractivity contribution in [3.63, 3.8) is 0 Å². The standard InChI is InChI=1S/C15H18N4O/c1-2-18-9-8-13-12(10-18)14(15(16)20)17-19(13)11-6-4-3-5-7-11/h3-7H,2,8-10H2,1H3,(H2,16,20). The molecule has 0 aliphatic carbocycles. The summed E-state index contributed by atoms with van der Waals surface area (Å²) in [6.07, 6.45) is 0.887. The minimum atomic E-state index is -0.450. The maximum absolute atomic E-state index is 11.6. The van der Waals surface area contributed by atoms with Gasteiger partial charge in [-0.25, -0.2) is 4.68 Å². The molecule has 1 amide bonds. The van der Waals surface area contributed by atoms with E-state index in [1.807, 2.05) is 35.0 Å². The first-order chi connectivity index (χ1) is 9.70. The number of hydrogen-bond acceptors (Lipinski definition) is 3. The smallest absolute Gasteiger partial charge is 0.269 e. The van der Waals surface area contributed by atoms with Crippen LogP contribution in [0.25, 0.3) is 5.69 Å². The Balaban J connectivity index is 2.12. The maximum atomic E-state index is 11.6. The zero-order valence-electron chi connectivity index (χ0n) is 11.5. The van der Waals surface area contributed by atoms with Crippen LogP contribution >= 0.6 is 0 Å². The van der Waals surface area contributed by atoms with E-state index in [2.05, 4.69) is 16.9 Å². The van der Waals surface area contributed by atoms with Gasteiger partial charge < -0.3 is 5.73 Å². The van der Waals surface area contributed by atoms with Crippen molar-refractivity contribution in [1.29, 1.82) is 0 Å². The Kier molecular flexibility index (Phi) is 3.28. The fraction of sp³-hybridized carbons (Fsp3) is 0.333. The quantitative estimate of drug-likeness (QED) is 0.915. The van der Waals surface area contributed by atoms with Gasteiger partial charge in [0.15, 0.2) is 5.69 Å². The van der Waals surface area contributed by atoms with Gasteiger partial charge in [-0.2, -0.15) is 5.10 Å². The number of hydrogen-bond donors (Lipinski definition) is 1. The highest BCUT2D eigenvalue weighted by Gasteiger charge is 2.26. The number of fused-ring (bicyclic) bond motifs is 1. The molecule has 0 spiro atoms. The van der Waals surface area contributed by atoms with Crippen molar-refractivity contribution in [2.75, 3.05) is 13.1 Å². The van der Waals surface area contributed by atoms with Gasteiger partial charge in [0.1, 0.15) is 0 Å². The third-order valence-electron chi connectivity index (χ3n) is 3.82. The van der Waals surface area contributed by atoms with Crippen LogP contribution in [0.15, 0.2) is 30.3 Å². The first kappa shape index (κ1) is 12.9. The molecule has 5 nitrogen and oxygen atoms in total. The highest BCUT2D eigenvalue weighted by atomic mass is 16.1. The number of para-hydroxylation sites is 1. The van der Waals surface area contributed by atoms with E-state index in [1.54, 1.807) is 0 Å². The number of nitrogens with zero attached hydrogens (tertiary/aromatic N) is 3. The lowest BCUT2D eigenvalue weighted by atomic mass is 10.0.